The Balaban J connectivity index is 2.85. The lowest BCUT2D eigenvalue weighted by Gasteiger charge is -2.06. The third kappa shape index (κ3) is 4.34. The summed E-state index contributed by atoms with van der Waals surface area (Å²) < 4.78 is 41.5. The topological polar surface area (TPSA) is 84.2 Å². The molecule has 0 unspecified atom stereocenters. The summed E-state index contributed by atoms with van der Waals surface area (Å²) in [5, 5.41) is 8.65. The van der Waals surface area contributed by atoms with E-state index in [9.17, 15) is 17.6 Å². The molecule has 0 spiro atoms. The van der Waals surface area contributed by atoms with Crippen molar-refractivity contribution in [3.63, 3.8) is 0 Å². The number of hydrogen-bond donors (Lipinski definition) is 0. The lowest BCUT2D eigenvalue weighted by Crippen LogP contribution is -2.15. The highest BCUT2D eigenvalue weighted by molar-refractivity contribution is 7.90. The first-order chi connectivity index (χ1) is 8.89. The smallest absolute Gasteiger partial charge is 0.306 e. The van der Waals surface area contributed by atoms with E-state index >= 15 is 0 Å². The molecule has 0 saturated heterocycles. The number of rotatable bonds is 5. The fourth-order valence-corrected chi connectivity index (χ4v) is 2.75. The maximum atomic E-state index is 13.7. The molecule has 0 radical (unpaired) electrons. The molecule has 0 aliphatic rings. The van der Waals surface area contributed by atoms with Crippen LogP contribution in [0.4, 0.5) is 4.39 Å². The predicted octanol–water partition coefficient (Wildman–Crippen LogP) is 1.18. The molecule has 1 aromatic carbocycles. The number of benzene rings is 1. The second-order valence-corrected chi connectivity index (χ2v) is 5.99. The fraction of sp³-hybridized carbons (Fsp3) is 0.333. The molecule has 0 amide bonds. The van der Waals surface area contributed by atoms with E-state index < -0.39 is 33.1 Å². The van der Waals surface area contributed by atoms with Crippen molar-refractivity contribution in [1.82, 2.24) is 0 Å². The maximum Gasteiger partial charge on any atom is 0.306 e. The number of halogens is 1. The molecule has 0 atom stereocenters. The third-order valence-corrected chi connectivity index (χ3v) is 4.00. The van der Waals surface area contributed by atoms with Gasteiger partial charge < -0.3 is 4.74 Å². The van der Waals surface area contributed by atoms with Gasteiger partial charge in [-0.15, -0.1) is 0 Å². The summed E-state index contributed by atoms with van der Waals surface area (Å²) in [5.41, 5.74) is -0.287. The first-order valence-corrected chi connectivity index (χ1v) is 7.16. The maximum absolute atomic E-state index is 13.7. The van der Waals surface area contributed by atoms with Crippen LogP contribution in [0.25, 0.3) is 0 Å². The van der Waals surface area contributed by atoms with Crippen LogP contribution in [-0.2, 0) is 25.1 Å². The molecular formula is C12H12FNO4S. The van der Waals surface area contributed by atoms with Crippen LogP contribution >= 0.6 is 0 Å². The zero-order valence-electron chi connectivity index (χ0n) is 10.2. The molecule has 5 nitrogen and oxygen atoms in total. The predicted molar refractivity (Wildman–Crippen MR) is 65.2 cm³/mol. The molecule has 0 aliphatic heterocycles. The molecule has 1 aromatic rings. The van der Waals surface area contributed by atoms with Gasteiger partial charge in [-0.25, -0.2) is 12.8 Å². The van der Waals surface area contributed by atoms with Gasteiger partial charge in [0.1, 0.15) is 11.9 Å². The molecule has 19 heavy (non-hydrogen) atoms. The van der Waals surface area contributed by atoms with E-state index in [0.717, 1.165) is 7.11 Å². The Labute approximate surface area is 110 Å². The first-order valence-electron chi connectivity index (χ1n) is 5.34. The van der Waals surface area contributed by atoms with Crippen LogP contribution in [0, 0.1) is 17.1 Å². The monoisotopic (exact) mass is 285 g/mol. The molecule has 7 heteroatoms. The molecule has 0 fully saturated rings. The second kappa shape index (κ2) is 6.29. The van der Waals surface area contributed by atoms with E-state index in [0.29, 0.717) is 0 Å². The Hall–Kier alpha value is -1.94. The SMILES string of the molecule is COC(=O)CCS(=O)(=O)Cc1cccc(C#N)c1F. The van der Waals surface area contributed by atoms with Gasteiger partial charge in [-0.3, -0.25) is 4.79 Å². The fourth-order valence-electron chi connectivity index (χ4n) is 1.43. The van der Waals surface area contributed by atoms with Crippen molar-refractivity contribution in [3.05, 3.63) is 35.1 Å². The minimum Gasteiger partial charge on any atom is -0.469 e. The summed E-state index contributed by atoms with van der Waals surface area (Å²) in [4.78, 5) is 10.9. The van der Waals surface area contributed by atoms with Crippen LogP contribution in [0.2, 0.25) is 0 Å². The number of nitriles is 1. The van der Waals surface area contributed by atoms with Gasteiger partial charge >= 0.3 is 5.97 Å². The van der Waals surface area contributed by atoms with E-state index in [2.05, 4.69) is 4.74 Å². The van der Waals surface area contributed by atoms with Crippen LogP contribution in [0.5, 0.6) is 0 Å². The first kappa shape index (κ1) is 15.1. The van der Waals surface area contributed by atoms with E-state index in [4.69, 9.17) is 5.26 Å². The van der Waals surface area contributed by atoms with Gasteiger partial charge in [0.05, 0.1) is 30.6 Å². The Morgan fingerprint density at radius 3 is 2.74 bits per heavy atom. The quantitative estimate of drug-likeness (QED) is 0.758. The molecule has 0 saturated carbocycles. The number of ether oxygens (including phenoxy) is 1. The summed E-state index contributed by atoms with van der Waals surface area (Å²) in [6, 6.07) is 5.61. The van der Waals surface area contributed by atoms with Gasteiger partial charge in [0.2, 0.25) is 0 Å². The van der Waals surface area contributed by atoms with E-state index in [-0.39, 0.29) is 17.5 Å². The van der Waals surface area contributed by atoms with Gasteiger partial charge in [0.25, 0.3) is 0 Å². The Morgan fingerprint density at radius 1 is 1.47 bits per heavy atom. The van der Waals surface area contributed by atoms with Crippen molar-refractivity contribution in [3.8, 4) is 6.07 Å². The molecule has 0 N–H and O–H groups in total. The van der Waals surface area contributed by atoms with Crippen LogP contribution < -0.4 is 0 Å². The highest BCUT2D eigenvalue weighted by atomic mass is 32.2. The number of sulfone groups is 1. The van der Waals surface area contributed by atoms with Crippen molar-refractivity contribution in [2.45, 2.75) is 12.2 Å². The number of methoxy groups -OCH3 is 1. The van der Waals surface area contributed by atoms with Gasteiger partial charge in [0.15, 0.2) is 9.84 Å². The minimum atomic E-state index is -3.64. The van der Waals surface area contributed by atoms with Crippen molar-refractivity contribution >= 4 is 15.8 Å². The summed E-state index contributed by atoms with van der Waals surface area (Å²) >= 11 is 0. The summed E-state index contributed by atoms with van der Waals surface area (Å²) in [6.07, 6.45) is -0.279. The number of hydrogen-bond acceptors (Lipinski definition) is 5. The Kier molecular flexibility index (Phi) is 5.01. The highest BCUT2D eigenvalue weighted by Crippen LogP contribution is 2.15. The van der Waals surface area contributed by atoms with E-state index in [1.807, 2.05) is 0 Å². The molecule has 102 valence electrons. The van der Waals surface area contributed by atoms with Gasteiger partial charge in [-0.05, 0) is 6.07 Å². The van der Waals surface area contributed by atoms with Crippen molar-refractivity contribution in [1.29, 1.82) is 5.26 Å². The number of carbonyl (C=O) groups excluding carboxylic acids is 1. The average molecular weight is 285 g/mol. The molecule has 1 rings (SSSR count). The van der Waals surface area contributed by atoms with Gasteiger partial charge in [0, 0.05) is 5.56 Å². The van der Waals surface area contributed by atoms with E-state index in [1.54, 1.807) is 6.07 Å². The molecular weight excluding hydrogens is 273 g/mol. The molecule has 0 aliphatic carbocycles. The number of carbonyl (C=O) groups is 1. The normalized spacial score (nSPS) is 10.8. The minimum absolute atomic E-state index is 0.0797. The number of esters is 1. The summed E-state index contributed by atoms with van der Waals surface area (Å²) in [5.74, 6) is -2.46. The molecule has 0 aromatic heterocycles. The zero-order valence-corrected chi connectivity index (χ0v) is 11.0. The summed E-state index contributed by atoms with van der Waals surface area (Å²) in [6.45, 7) is 0. The lowest BCUT2D eigenvalue weighted by molar-refractivity contribution is -0.140. The largest absolute Gasteiger partial charge is 0.469 e. The highest BCUT2D eigenvalue weighted by Gasteiger charge is 2.18. The van der Waals surface area contributed by atoms with E-state index in [1.165, 1.54) is 18.2 Å². The summed E-state index contributed by atoms with van der Waals surface area (Å²) in [7, 11) is -2.48. The van der Waals surface area contributed by atoms with Crippen molar-refractivity contribution < 1.29 is 22.3 Å². The van der Waals surface area contributed by atoms with Crippen LogP contribution in [-0.4, -0.2) is 27.2 Å². The Morgan fingerprint density at radius 2 is 2.16 bits per heavy atom. The van der Waals surface area contributed by atoms with Crippen molar-refractivity contribution in [2.24, 2.45) is 0 Å². The zero-order chi connectivity index (χ0) is 14.5. The molecule has 0 bridgehead atoms. The van der Waals surface area contributed by atoms with Crippen LogP contribution in [0.15, 0.2) is 18.2 Å². The molecule has 0 heterocycles. The standard InChI is InChI=1S/C12H12FNO4S/c1-18-11(15)5-6-19(16,17)8-10-4-2-3-9(7-14)12(10)13/h2-4H,5-6,8H2,1H3. The van der Waals surface area contributed by atoms with Gasteiger partial charge in [-0.2, -0.15) is 5.26 Å². The second-order valence-electron chi connectivity index (χ2n) is 3.81. The lowest BCUT2D eigenvalue weighted by atomic mass is 10.1. The van der Waals surface area contributed by atoms with Gasteiger partial charge in [-0.1, -0.05) is 12.1 Å². The number of nitrogens with zero attached hydrogens (tertiary/aromatic N) is 1. The van der Waals surface area contributed by atoms with Crippen LogP contribution in [0.1, 0.15) is 17.5 Å². The van der Waals surface area contributed by atoms with Crippen LogP contribution in [0.3, 0.4) is 0 Å². The van der Waals surface area contributed by atoms with Crippen molar-refractivity contribution in [2.75, 3.05) is 12.9 Å². The average Bonchev–Trinajstić information content (AvgIpc) is 2.38. The third-order valence-electron chi connectivity index (χ3n) is 2.42. The Bertz CT molecular complexity index is 619.